The van der Waals surface area contributed by atoms with Crippen LogP contribution in [0.4, 0.5) is 5.82 Å². The van der Waals surface area contributed by atoms with E-state index in [1.165, 1.54) is 0 Å². The van der Waals surface area contributed by atoms with Gasteiger partial charge in [0.05, 0.1) is 6.04 Å². The van der Waals surface area contributed by atoms with Crippen molar-refractivity contribution in [3.8, 4) is 0 Å². The smallest absolute Gasteiger partial charge is 0.239 e. The first-order valence-corrected chi connectivity index (χ1v) is 8.28. The topological polar surface area (TPSA) is 65.5 Å². The highest BCUT2D eigenvalue weighted by Crippen LogP contribution is 2.24. The van der Waals surface area contributed by atoms with Gasteiger partial charge in [-0.05, 0) is 50.9 Å². The van der Waals surface area contributed by atoms with Crippen LogP contribution < -0.4 is 5.32 Å². The summed E-state index contributed by atoms with van der Waals surface area (Å²) < 4.78 is 0. The Morgan fingerprint density at radius 1 is 1.26 bits per heavy atom. The van der Waals surface area contributed by atoms with E-state index in [4.69, 9.17) is 0 Å². The summed E-state index contributed by atoms with van der Waals surface area (Å²) in [4.78, 5) is 32.8. The molecule has 0 spiro atoms. The van der Waals surface area contributed by atoms with Gasteiger partial charge in [0, 0.05) is 25.7 Å². The van der Waals surface area contributed by atoms with Gasteiger partial charge in [0.2, 0.25) is 11.8 Å². The molecule has 2 amide bonds. The molecule has 0 bridgehead atoms. The number of nitrogens with zero attached hydrogens (tertiary/aromatic N) is 3. The van der Waals surface area contributed by atoms with Crippen LogP contribution in [0, 0.1) is 12.8 Å². The first kappa shape index (κ1) is 15.9. The lowest BCUT2D eigenvalue weighted by Gasteiger charge is -2.34. The van der Waals surface area contributed by atoms with Gasteiger partial charge in [0.1, 0.15) is 5.82 Å². The minimum Gasteiger partial charge on any atom is -0.344 e. The Balaban J connectivity index is 1.54. The van der Waals surface area contributed by atoms with Crippen molar-refractivity contribution >= 4 is 17.6 Å². The molecule has 3 rings (SSSR count). The molecule has 1 atom stereocenters. The predicted octanol–water partition coefficient (Wildman–Crippen LogP) is 1.27. The van der Waals surface area contributed by atoms with Crippen LogP contribution in [0.25, 0.3) is 0 Å². The molecule has 1 aromatic rings. The number of pyridine rings is 1. The summed E-state index contributed by atoms with van der Waals surface area (Å²) in [5, 5.41) is 2.94. The van der Waals surface area contributed by atoms with Crippen LogP contribution >= 0.6 is 0 Å². The van der Waals surface area contributed by atoms with Crippen LogP contribution in [0.2, 0.25) is 0 Å². The van der Waals surface area contributed by atoms with E-state index < -0.39 is 0 Å². The van der Waals surface area contributed by atoms with Gasteiger partial charge in [-0.15, -0.1) is 0 Å². The van der Waals surface area contributed by atoms with Crippen molar-refractivity contribution in [1.82, 2.24) is 14.8 Å². The Labute approximate surface area is 136 Å². The zero-order chi connectivity index (χ0) is 16.4. The molecular weight excluding hydrogens is 292 g/mol. The van der Waals surface area contributed by atoms with Crippen molar-refractivity contribution in [2.75, 3.05) is 32.0 Å². The minimum atomic E-state index is 0.00175. The number of likely N-dealkylation sites (N-methyl/N-ethyl adjacent to an activating group) is 1. The van der Waals surface area contributed by atoms with E-state index in [1.54, 1.807) is 11.1 Å². The molecule has 2 saturated heterocycles. The predicted molar refractivity (Wildman–Crippen MR) is 87.9 cm³/mol. The van der Waals surface area contributed by atoms with Crippen molar-refractivity contribution in [1.29, 1.82) is 0 Å². The molecule has 1 aromatic heterocycles. The number of amides is 2. The average Bonchev–Trinajstić information content (AvgIpc) is 2.89. The Morgan fingerprint density at radius 3 is 2.61 bits per heavy atom. The lowest BCUT2D eigenvalue weighted by atomic mass is 9.94. The molecule has 3 heterocycles. The van der Waals surface area contributed by atoms with Crippen LogP contribution in [-0.4, -0.2) is 59.3 Å². The number of hydrogen-bond donors (Lipinski definition) is 1. The second kappa shape index (κ2) is 6.66. The maximum atomic E-state index is 12.4. The van der Waals surface area contributed by atoms with Crippen LogP contribution in [0.15, 0.2) is 18.3 Å². The number of hydrogen-bond acceptors (Lipinski definition) is 4. The zero-order valence-corrected chi connectivity index (χ0v) is 13.8. The normalized spacial score (nSPS) is 23.3. The number of aromatic nitrogens is 1. The van der Waals surface area contributed by atoms with Gasteiger partial charge in [-0.25, -0.2) is 4.98 Å². The molecular formula is C17H24N4O2. The fraction of sp³-hybridized carbons (Fsp3) is 0.588. The number of likely N-dealkylation sites (tertiary alicyclic amines) is 2. The zero-order valence-electron chi connectivity index (χ0n) is 13.8. The van der Waals surface area contributed by atoms with Gasteiger partial charge < -0.3 is 10.2 Å². The van der Waals surface area contributed by atoms with Gasteiger partial charge in [0.15, 0.2) is 0 Å². The molecule has 6 nitrogen and oxygen atoms in total. The number of rotatable bonds is 3. The number of piperidine rings is 1. The Bertz CT molecular complexity index is 596. The summed E-state index contributed by atoms with van der Waals surface area (Å²) in [6.45, 7) is 4.39. The molecule has 1 unspecified atom stereocenters. The molecule has 0 radical (unpaired) electrons. The van der Waals surface area contributed by atoms with Gasteiger partial charge >= 0.3 is 0 Å². The van der Waals surface area contributed by atoms with E-state index in [0.29, 0.717) is 5.82 Å². The SMILES string of the molecule is Cc1cccnc1NC(=O)C1CCN(C2CCN(C)C2=O)CC1. The van der Waals surface area contributed by atoms with E-state index in [0.717, 1.165) is 44.5 Å². The van der Waals surface area contributed by atoms with Crippen molar-refractivity contribution in [2.45, 2.75) is 32.2 Å². The third-order valence-corrected chi connectivity index (χ3v) is 4.99. The van der Waals surface area contributed by atoms with E-state index in [-0.39, 0.29) is 23.8 Å². The Morgan fingerprint density at radius 2 is 2.00 bits per heavy atom. The first-order chi connectivity index (χ1) is 11.1. The number of aryl methyl sites for hydroxylation is 1. The molecule has 0 saturated carbocycles. The highest BCUT2D eigenvalue weighted by molar-refractivity contribution is 5.92. The monoisotopic (exact) mass is 316 g/mol. The number of anilines is 1. The second-order valence-electron chi connectivity index (χ2n) is 6.53. The molecule has 6 heteroatoms. The third-order valence-electron chi connectivity index (χ3n) is 4.99. The van der Waals surface area contributed by atoms with Crippen molar-refractivity contribution in [3.63, 3.8) is 0 Å². The molecule has 124 valence electrons. The summed E-state index contributed by atoms with van der Waals surface area (Å²) in [6, 6.07) is 3.81. The number of carbonyl (C=O) groups is 2. The van der Waals surface area contributed by atoms with E-state index in [9.17, 15) is 9.59 Å². The van der Waals surface area contributed by atoms with Gasteiger partial charge in [0.25, 0.3) is 0 Å². The first-order valence-electron chi connectivity index (χ1n) is 8.28. The summed E-state index contributed by atoms with van der Waals surface area (Å²) in [5.41, 5.74) is 0.970. The molecule has 2 fully saturated rings. The van der Waals surface area contributed by atoms with Crippen molar-refractivity contribution < 1.29 is 9.59 Å². The average molecular weight is 316 g/mol. The molecule has 23 heavy (non-hydrogen) atoms. The maximum Gasteiger partial charge on any atom is 0.239 e. The fourth-order valence-electron chi connectivity index (χ4n) is 3.45. The van der Waals surface area contributed by atoms with Crippen LogP contribution in [0.1, 0.15) is 24.8 Å². The van der Waals surface area contributed by atoms with Crippen molar-refractivity contribution in [3.05, 3.63) is 23.9 Å². The van der Waals surface area contributed by atoms with Crippen LogP contribution in [0.5, 0.6) is 0 Å². The molecule has 2 aliphatic rings. The highest BCUT2D eigenvalue weighted by Gasteiger charge is 2.36. The largest absolute Gasteiger partial charge is 0.344 e. The highest BCUT2D eigenvalue weighted by atomic mass is 16.2. The minimum absolute atomic E-state index is 0.00175. The Kier molecular flexibility index (Phi) is 4.61. The number of carbonyl (C=O) groups excluding carboxylic acids is 2. The van der Waals surface area contributed by atoms with E-state index in [1.807, 2.05) is 26.1 Å². The fourth-order valence-corrected chi connectivity index (χ4v) is 3.45. The molecule has 1 N–H and O–H groups in total. The van der Waals surface area contributed by atoms with E-state index in [2.05, 4.69) is 15.2 Å². The second-order valence-corrected chi connectivity index (χ2v) is 6.53. The summed E-state index contributed by atoms with van der Waals surface area (Å²) in [6.07, 6.45) is 4.18. The van der Waals surface area contributed by atoms with Crippen molar-refractivity contribution in [2.24, 2.45) is 5.92 Å². The summed E-state index contributed by atoms with van der Waals surface area (Å²) in [5.74, 6) is 0.910. The quantitative estimate of drug-likeness (QED) is 0.912. The van der Waals surface area contributed by atoms with Gasteiger partial charge in [-0.3, -0.25) is 14.5 Å². The van der Waals surface area contributed by atoms with Crippen LogP contribution in [-0.2, 0) is 9.59 Å². The lowest BCUT2D eigenvalue weighted by Crippen LogP contribution is -2.46. The summed E-state index contributed by atoms with van der Waals surface area (Å²) in [7, 11) is 1.86. The standard InChI is InChI=1S/C17H24N4O2/c1-12-4-3-8-18-15(12)19-16(22)13-5-10-21(11-6-13)14-7-9-20(2)17(14)23/h3-4,8,13-14H,5-7,9-11H2,1-2H3,(H,18,19,22). The molecule has 0 aromatic carbocycles. The Hall–Kier alpha value is -1.95. The summed E-state index contributed by atoms with van der Waals surface area (Å²) >= 11 is 0. The number of nitrogens with one attached hydrogen (secondary N) is 1. The van der Waals surface area contributed by atoms with Gasteiger partial charge in [-0.1, -0.05) is 6.07 Å². The van der Waals surface area contributed by atoms with E-state index >= 15 is 0 Å². The molecule has 2 aliphatic heterocycles. The van der Waals surface area contributed by atoms with Crippen LogP contribution in [0.3, 0.4) is 0 Å². The molecule has 0 aliphatic carbocycles. The third kappa shape index (κ3) is 3.37. The van der Waals surface area contributed by atoms with Gasteiger partial charge in [-0.2, -0.15) is 0 Å². The maximum absolute atomic E-state index is 12.4. The lowest BCUT2D eigenvalue weighted by molar-refractivity contribution is -0.131.